The summed E-state index contributed by atoms with van der Waals surface area (Å²) in [5, 5.41) is 12.8. The molecule has 0 radical (unpaired) electrons. The Hall–Kier alpha value is -3.79. The van der Waals surface area contributed by atoms with Crippen LogP contribution >= 0.6 is 0 Å². The van der Waals surface area contributed by atoms with E-state index in [0.717, 1.165) is 10.6 Å². The summed E-state index contributed by atoms with van der Waals surface area (Å²) in [7, 11) is 0. The molecule has 7 nitrogen and oxygen atoms in total. The van der Waals surface area contributed by atoms with E-state index in [1.165, 1.54) is 31.3 Å². The van der Waals surface area contributed by atoms with Crippen molar-refractivity contribution in [3.05, 3.63) is 92.7 Å². The zero-order valence-corrected chi connectivity index (χ0v) is 22.0. The quantitative estimate of drug-likeness (QED) is 0.203. The van der Waals surface area contributed by atoms with E-state index in [4.69, 9.17) is 0 Å². The summed E-state index contributed by atoms with van der Waals surface area (Å²) in [6.07, 6.45) is 4.92. The molecule has 1 aliphatic carbocycles. The Morgan fingerprint density at radius 2 is 1.95 bits per heavy atom. The van der Waals surface area contributed by atoms with Crippen LogP contribution in [0.2, 0.25) is 0 Å². The number of allylic oxidation sites excluding steroid dienone is 4. The van der Waals surface area contributed by atoms with Gasteiger partial charge in [0.15, 0.2) is 5.78 Å². The summed E-state index contributed by atoms with van der Waals surface area (Å²) >= 11 is 0. The van der Waals surface area contributed by atoms with Gasteiger partial charge < -0.3 is 15.0 Å². The van der Waals surface area contributed by atoms with Crippen molar-refractivity contribution >= 4 is 17.5 Å². The van der Waals surface area contributed by atoms with Crippen molar-refractivity contribution in [2.75, 3.05) is 0 Å². The lowest BCUT2D eigenvalue weighted by Gasteiger charge is -2.26. The number of nitrogens with one attached hydrogen (secondary N) is 1. The van der Waals surface area contributed by atoms with Gasteiger partial charge in [-0.3, -0.25) is 19.2 Å². The number of carbonyl (C=O) groups excluding carboxylic acids is 3. The number of aliphatic hydroxyl groups is 1. The molecular formula is C29H31F3N2O5. The average molecular weight is 545 g/mol. The van der Waals surface area contributed by atoms with Gasteiger partial charge in [0.1, 0.15) is 17.5 Å². The first-order chi connectivity index (χ1) is 18.3. The van der Waals surface area contributed by atoms with Crippen LogP contribution in [0.15, 0.2) is 58.8 Å². The molecule has 1 aliphatic rings. The minimum absolute atomic E-state index is 0.0879. The molecule has 3 rings (SSSR count). The minimum Gasteiger partial charge on any atom is -0.388 e. The number of aromatic nitrogens is 1. The predicted molar refractivity (Wildman–Crippen MR) is 139 cm³/mol. The summed E-state index contributed by atoms with van der Waals surface area (Å²) in [6, 6.07) is 3.55. The second-order valence-corrected chi connectivity index (χ2v) is 9.96. The van der Waals surface area contributed by atoms with Gasteiger partial charge >= 0.3 is 0 Å². The van der Waals surface area contributed by atoms with Gasteiger partial charge in [0.2, 0.25) is 5.78 Å². The van der Waals surface area contributed by atoms with Crippen LogP contribution in [0.3, 0.4) is 0 Å². The van der Waals surface area contributed by atoms with Crippen molar-refractivity contribution in [1.82, 2.24) is 9.88 Å². The molecule has 10 heteroatoms. The lowest BCUT2D eigenvalue weighted by Crippen LogP contribution is -2.49. The Kier molecular flexibility index (Phi) is 9.45. The van der Waals surface area contributed by atoms with Crippen LogP contribution in [-0.4, -0.2) is 38.8 Å². The van der Waals surface area contributed by atoms with Crippen LogP contribution in [0, 0.1) is 11.6 Å². The normalized spacial score (nSPS) is 19.7. The number of hydrogen-bond donors (Lipinski definition) is 2. The molecule has 0 aliphatic heterocycles. The third-order valence-corrected chi connectivity index (χ3v) is 6.81. The number of halogens is 3. The van der Waals surface area contributed by atoms with Crippen LogP contribution in [0.5, 0.6) is 0 Å². The molecule has 1 fully saturated rings. The Morgan fingerprint density at radius 3 is 2.54 bits per heavy atom. The van der Waals surface area contributed by atoms with Crippen molar-refractivity contribution in [2.24, 2.45) is 0 Å². The molecule has 2 atom stereocenters. The smallest absolute Gasteiger partial charge is 0.288 e. The molecule has 2 unspecified atom stereocenters. The molecule has 0 saturated heterocycles. The number of pyridine rings is 1. The second-order valence-electron chi connectivity index (χ2n) is 9.96. The number of carbonyl (C=O) groups is 3. The molecule has 1 aromatic heterocycles. The van der Waals surface area contributed by atoms with Crippen LogP contribution in [0.25, 0.3) is 0 Å². The van der Waals surface area contributed by atoms with E-state index < -0.39 is 64.1 Å². The predicted octanol–water partition coefficient (Wildman–Crippen LogP) is 4.10. The highest BCUT2D eigenvalue weighted by atomic mass is 19.1. The fraction of sp³-hybridized carbons (Fsp3) is 0.379. The third-order valence-electron chi connectivity index (χ3n) is 6.81. The zero-order valence-electron chi connectivity index (χ0n) is 22.0. The molecular weight excluding hydrogens is 513 g/mol. The first-order valence-electron chi connectivity index (χ1n) is 12.6. The Labute approximate surface area is 224 Å². The largest absolute Gasteiger partial charge is 0.388 e. The average Bonchev–Trinajstić information content (AvgIpc) is 3.19. The van der Waals surface area contributed by atoms with Crippen molar-refractivity contribution in [2.45, 2.75) is 71.1 Å². The van der Waals surface area contributed by atoms with Gasteiger partial charge in [0.05, 0.1) is 30.2 Å². The minimum atomic E-state index is -1.18. The number of Topliss-reactive ketones (excluding diaryl/α,β-unsaturated/α-hetero) is 2. The summed E-state index contributed by atoms with van der Waals surface area (Å²) in [5.41, 5.74) is -1.91. The van der Waals surface area contributed by atoms with E-state index in [0.29, 0.717) is 25.3 Å². The first kappa shape index (κ1) is 29.8. The summed E-state index contributed by atoms with van der Waals surface area (Å²) in [4.78, 5) is 51.3. The van der Waals surface area contributed by atoms with Gasteiger partial charge in [-0.25, -0.2) is 13.2 Å². The summed E-state index contributed by atoms with van der Waals surface area (Å²) in [6.45, 7) is 4.17. The molecule has 1 amide bonds. The van der Waals surface area contributed by atoms with Gasteiger partial charge in [-0.1, -0.05) is 18.2 Å². The number of nitrogens with zero attached hydrogens (tertiary/aromatic N) is 1. The number of ketones is 2. The Bertz CT molecular complexity index is 1400. The van der Waals surface area contributed by atoms with E-state index in [1.807, 2.05) is 0 Å². The van der Waals surface area contributed by atoms with Gasteiger partial charge in [0.25, 0.3) is 11.5 Å². The zero-order chi connectivity index (χ0) is 28.9. The summed E-state index contributed by atoms with van der Waals surface area (Å²) < 4.78 is 42.9. The Morgan fingerprint density at radius 1 is 1.23 bits per heavy atom. The van der Waals surface area contributed by atoms with Gasteiger partial charge in [-0.15, -0.1) is 0 Å². The topological polar surface area (TPSA) is 105 Å². The highest BCUT2D eigenvalue weighted by molar-refractivity contribution is 6.40. The van der Waals surface area contributed by atoms with E-state index in [2.05, 4.69) is 5.32 Å². The Balaban J connectivity index is 1.93. The lowest BCUT2D eigenvalue weighted by molar-refractivity contribution is -0.138. The first-order valence-corrected chi connectivity index (χ1v) is 12.6. The van der Waals surface area contributed by atoms with E-state index in [1.54, 1.807) is 19.9 Å². The van der Waals surface area contributed by atoms with Gasteiger partial charge in [-0.05, 0) is 63.3 Å². The number of amides is 1. The lowest BCUT2D eigenvalue weighted by atomic mass is 9.99. The van der Waals surface area contributed by atoms with Crippen molar-refractivity contribution in [3.8, 4) is 0 Å². The molecule has 2 aromatic rings. The SMILES string of the molecule is CC=CC(Cn1cc(Cc2ccc(F)cc2F)cc(C(=O)CC(=O)C(=O)NC2CCCC2(C)O)c1=O)=C(C)F. The maximum atomic E-state index is 14.3. The maximum Gasteiger partial charge on any atom is 0.288 e. The molecule has 1 heterocycles. The monoisotopic (exact) mass is 544 g/mol. The fourth-order valence-electron chi connectivity index (χ4n) is 4.59. The van der Waals surface area contributed by atoms with Crippen molar-refractivity contribution in [3.63, 3.8) is 0 Å². The van der Waals surface area contributed by atoms with Crippen LogP contribution in [0.4, 0.5) is 13.2 Å². The van der Waals surface area contributed by atoms with Crippen LogP contribution in [-0.2, 0) is 22.6 Å². The van der Waals surface area contributed by atoms with Crippen LogP contribution in [0.1, 0.15) is 67.9 Å². The van der Waals surface area contributed by atoms with Gasteiger partial charge in [-0.2, -0.15) is 0 Å². The molecule has 39 heavy (non-hydrogen) atoms. The number of benzene rings is 1. The third kappa shape index (κ3) is 7.41. The summed E-state index contributed by atoms with van der Waals surface area (Å²) in [5.74, 6) is -5.24. The van der Waals surface area contributed by atoms with Crippen molar-refractivity contribution in [1.29, 1.82) is 0 Å². The van der Waals surface area contributed by atoms with E-state index in [9.17, 15) is 37.5 Å². The molecule has 0 bridgehead atoms. The van der Waals surface area contributed by atoms with E-state index >= 15 is 0 Å². The van der Waals surface area contributed by atoms with Crippen LogP contribution < -0.4 is 10.9 Å². The number of rotatable bonds is 10. The van der Waals surface area contributed by atoms with E-state index in [-0.39, 0.29) is 29.7 Å². The molecule has 0 spiro atoms. The molecule has 208 valence electrons. The fourth-order valence-corrected chi connectivity index (χ4v) is 4.59. The standard InChI is InChI=1S/C29H31F3N2O5/c1-4-6-20(17(2)30)16-34-15-18(11-19-8-9-21(31)13-23(19)32)12-22(28(34)38)24(35)14-25(36)27(37)33-26-7-5-10-29(26,3)39/h4,6,8-9,12-13,15,26,39H,5,7,10-11,14,16H2,1-3H3,(H,33,37). The molecule has 1 saturated carbocycles. The van der Waals surface area contributed by atoms with Gasteiger partial charge in [0, 0.05) is 24.3 Å². The second kappa shape index (κ2) is 12.4. The maximum absolute atomic E-state index is 14.3. The highest BCUT2D eigenvalue weighted by Crippen LogP contribution is 2.29. The molecule has 2 N–H and O–H groups in total. The molecule has 1 aromatic carbocycles. The number of hydrogen-bond acceptors (Lipinski definition) is 5. The highest BCUT2D eigenvalue weighted by Gasteiger charge is 2.38. The van der Waals surface area contributed by atoms with Crippen molar-refractivity contribution < 1.29 is 32.7 Å².